The zero-order chi connectivity index (χ0) is 9.97. The fourth-order valence-electron chi connectivity index (χ4n) is 1.24. The van der Waals surface area contributed by atoms with Gasteiger partial charge in [-0.15, -0.1) is 0 Å². The molecule has 1 heterocycles. The lowest BCUT2D eigenvalue weighted by molar-refractivity contribution is 1.05. The maximum Gasteiger partial charge on any atom is 0.0992 e. The molecular weight excluding hydrogens is 308 g/mol. The van der Waals surface area contributed by atoms with Gasteiger partial charge in [0, 0.05) is 22.2 Å². The van der Waals surface area contributed by atoms with E-state index in [-0.39, 0.29) is 0 Å². The molecule has 0 aliphatic rings. The van der Waals surface area contributed by atoms with E-state index in [0.29, 0.717) is 0 Å². The Morgan fingerprint density at radius 2 is 2.21 bits per heavy atom. The van der Waals surface area contributed by atoms with Crippen molar-refractivity contribution in [1.29, 1.82) is 0 Å². The zero-order valence-corrected chi connectivity index (χ0v) is 10.5. The summed E-state index contributed by atoms with van der Waals surface area (Å²) in [5.41, 5.74) is 2.35. The lowest BCUT2D eigenvalue weighted by atomic mass is 10.2. The van der Waals surface area contributed by atoms with Crippen molar-refractivity contribution in [3.8, 4) is 5.69 Å². The van der Waals surface area contributed by atoms with E-state index in [1.54, 1.807) is 12.5 Å². The Hall–Kier alpha value is -0.610. The molecule has 0 fully saturated rings. The molecule has 2 aromatic rings. The average Bonchev–Trinajstić information content (AvgIpc) is 2.70. The average molecular weight is 316 g/mol. The van der Waals surface area contributed by atoms with Crippen molar-refractivity contribution in [3.05, 3.63) is 47.0 Å². The van der Waals surface area contributed by atoms with E-state index in [0.717, 1.165) is 15.5 Å². The van der Waals surface area contributed by atoms with E-state index < -0.39 is 0 Å². The Balaban J connectivity index is 2.46. The number of imidazole rings is 1. The maximum absolute atomic E-state index is 4.02. The Labute approximate surface area is 99.2 Å². The van der Waals surface area contributed by atoms with Gasteiger partial charge in [0.1, 0.15) is 0 Å². The zero-order valence-electron chi connectivity index (χ0n) is 7.32. The summed E-state index contributed by atoms with van der Waals surface area (Å²) in [7, 11) is 0. The molecule has 0 radical (unpaired) electrons. The fourth-order valence-corrected chi connectivity index (χ4v) is 2.22. The molecule has 0 amide bonds. The standard InChI is InChI=1S/C10H8Br2N2/c11-6-8-1-2-10(9(12)5-8)14-4-3-13-7-14/h1-5,7H,6H2. The molecule has 14 heavy (non-hydrogen) atoms. The molecule has 0 aliphatic heterocycles. The molecule has 4 heteroatoms. The minimum absolute atomic E-state index is 0.871. The molecule has 0 spiro atoms. The van der Waals surface area contributed by atoms with Crippen molar-refractivity contribution >= 4 is 31.9 Å². The second-order valence-corrected chi connectivity index (χ2v) is 4.30. The molecule has 0 N–H and O–H groups in total. The molecule has 0 atom stereocenters. The number of benzene rings is 1. The minimum Gasteiger partial charge on any atom is -0.305 e. The van der Waals surface area contributed by atoms with Crippen LogP contribution in [0.25, 0.3) is 5.69 Å². The summed E-state index contributed by atoms with van der Waals surface area (Å²) >= 11 is 6.96. The molecule has 2 rings (SSSR count). The fraction of sp³-hybridized carbons (Fsp3) is 0.100. The van der Waals surface area contributed by atoms with E-state index in [2.05, 4.69) is 55.0 Å². The van der Waals surface area contributed by atoms with Gasteiger partial charge < -0.3 is 4.57 Å². The third kappa shape index (κ3) is 1.91. The first-order chi connectivity index (χ1) is 6.81. The molecule has 1 aromatic carbocycles. The van der Waals surface area contributed by atoms with Gasteiger partial charge in [0.05, 0.1) is 12.0 Å². The summed E-state index contributed by atoms with van der Waals surface area (Å²) < 4.78 is 3.05. The van der Waals surface area contributed by atoms with Crippen LogP contribution in [0.2, 0.25) is 0 Å². The van der Waals surface area contributed by atoms with E-state index in [9.17, 15) is 0 Å². The van der Waals surface area contributed by atoms with Crippen LogP contribution in [0.3, 0.4) is 0 Å². The number of aromatic nitrogens is 2. The maximum atomic E-state index is 4.02. The van der Waals surface area contributed by atoms with Crippen LogP contribution in [0.15, 0.2) is 41.4 Å². The number of hydrogen-bond donors (Lipinski definition) is 0. The Kier molecular flexibility index (Phi) is 3.03. The van der Waals surface area contributed by atoms with Gasteiger partial charge in [0.25, 0.3) is 0 Å². The SMILES string of the molecule is BrCc1ccc(-n2ccnc2)c(Br)c1. The lowest BCUT2D eigenvalue weighted by Crippen LogP contribution is -1.92. The van der Waals surface area contributed by atoms with Gasteiger partial charge in [0.15, 0.2) is 0 Å². The van der Waals surface area contributed by atoms with Gasteiger partial charge in [-0.1, -0.05) is 22.0 Å². The second kappa shape index (κ2) is 4.28. The Morgan fingerprint density at radius 1 is 1.36 bits per heavy atom. The summed E-state index contributed by atoms with van der Waals surface area (Å²) in [5.74, 6) is 0. The van der Waals surface area contributed by atoms with Crippen molar-refractivity contribution in [3.63, 3.8) is 0 Å². The molecule has 0 saturated heterocycles. The monoisotopic (exact) mass is 314 g/mol. The molecule has 0 bridgehead atoms. The normalized spacial score (nSPS) is 10.4. The quantitative estimate of drug-likeness (QED) is 0.775. The highest BCUT2D eigenvalue weighted by Gasteiger charge is 2.02. The highest BCUT2D eigenvalue weighted by Crippen LogP contribution is 2.23. The number of alkyl halides is 1. The number of hydrogen-bond acceptors (Lipinski definition) is 1. The summed E-state index contributed by atoms with van der Waals surface area (Å²) in [4.78, 5) is 4.02. The highest BCUT2D eigenvalue weighted by molar-refractivity contribution is 9.10. The van der Waals surface area contributed by atoms with Gasteiger partial charge in [-0.25, -0.2) is 4.98 Å². The van der Waals surface area contributed by atoms with Crippen molar-refractivity contribution in [2.24, 2.45) is 0 Å². The molecule has 0 unspecified atom stereocenters. The van der Waals surface area contributed by atoms with Crippen LogP contribution in [-0.2, 0) is 5.33 Å². The third-order valence-corrected chi connectivity index (χ3v) is 3.23. The summed E-state index contributed by atoms with van der Waals surface area (Å²) in [6, 6.07) is 6.27. The van der Waals surface area contributed by atoms with Gasteiger partial charge in [-0.05, 0) is 33.6 Å². The van der Waals surface area contributed by atoms with E-state index >= 15 is 0 Å². The molecular formula is C10H8Br2N2. The van der Waals surface area contributed by atoms with Crippen molar-refractivity contribution in [1.82, 2.24) is 9.55 Å². The Morgan fingerprint density at radius 3 is 2.79 bits per heavy atom. The smallest absolute Gasteiger partial charge is 0.0992 e. The molecule has 2 nitrogen and oxygen atoms in total. The van der Waals surface area contributed by atoms with Crippen LogP contribution < -0.4 is 0 Å². The van der Waals surface area contributed by atoms with E-state index in [1.807, 2.05) is 10.8 Å². The predicted octanol–water partition coefficient (Wildman–Crippen LogP) is 3.53. The largest absolute Gasteiger partial charge is 0.305 e. The minimum atomic E-state index is 0.871. The summed E-state index contributed by atoms with van der Waals surface area (Å²) in [6.45, 7) is 0. The van der Waals surface area contributed by atoms with Crippen molar-refractivity contribution in [2.75, 3.05) is 0 Å². The number of rotatable bonds is 2. The molecule has 72 valence electrons. The Bertz CT molecular complexity index is 424. The van der Waals surface area contributed by atoms with Crippen molar-refractivity contribution < 1.29 is 0 Å². The number of nitrogens with zero attached hydrogens (tertiary/aromatic N) is 2. The van der Waals surface area contributed by atoms with Gasteiger partial charge in [-0.2, -0.15) is 0 Å². The second-order valence-electron chi connectivity index (χ2n) is 2.89. The summed E-state index contributed by atoms with van der Waals surface area (Å²) in [5, 5.41) is 0.871. The van der Waals surface area contributed by atoms with Crippen LogP contribution in [0.1, 0.15) is 5.56 Å². The predicted molar refractivity (Wildman–Crippen MR) is 63.9 cm³/mol. The molecule has 0 saturated carbocycles. The number of halogens is 2. The first kappa shape index (κ1) is 9.93. The van der Waals surface area contributed by atoms with Crippen LogP contribution in [-0.4, -0.2) is 9.55 Å². The van der Waals surface area contributed by atoms with Crippen LogP contribution in [0.4, 0.5) is 0 Å². The van der Waals surface area contributed by atoms with Crippen LogP contribution in [0, 0.1) is 0 Å². The summed E-state index contributed by atoms with van der Waals surface area (Å²) in [6.07, 6.45) is 5.48. The highest BCUT2D eigenvalue weighted by atomic mass is 79.9. The van der Waals surface area contributed by atoms with E-state index in [4.69, 9.17) is 0 Å². The van der Waals surface area contributed by atoms with Crippen LogP contribution in [0.5, 0.6) is 0 Å². The van der Waals surface area contributed by atoms with Gasteiger partial charge in [-0.3, -0.25) is 0 Å². The first-order valence-corrected chi connectivity index (χ1v) is 6.05. The topological polar surface area (TPSA) is 17.8 Å². The molecule has 1 aromatic heterocycles. The molecule has 0 aliphatic carbocycles. The van der Waals surface area contributed by atoms with Gasteiger partial charge >= 0.3 is 0 Å². The van der Waals surface area contributed by atoms with Gasteiger partial charge in [0.2, 0.25) is 0 Å². The van der Waals surface area contributed by atoms with Crippen LogP contribution >= 0.6 is 31.9 Å². The first-order valence-electron chi connectivity index (χ1n) is 4.14. The van der Waals surface area contributed by atoms with E-state index in [1.165, 1.54) is 5.56 Å². The lowest BCUT2D eigenvalue weighted by Gasteiger charge is -2.06. The third-order valence-electron chi connectivity index (χ3n) is 1.95. The van der Waals surface area contributed by atoms with Crippen molar-refractivity contribution in [2.45, 2.75) is 5.33 Å².